The first-order valence-electron chi connectivity index (χ1n) is 5.48. The molecule has 0 fully saturated rings. The van der Waals surface area contributed by atoms with Crippen molar-refractivity contribution in [1.29, 1.82) is 0 Å². The molecule has 2 N–H and O–H groups in total. The van der Waals surface area contributed by atoms with Gasteiger partial charge in [0.15, 0.2) is 0 Å². The minimum absolute atomic E-state index is 0.199. The molecule has 1 amide bonds. The molecule has 0 saturated heterocycles. The minimum atomic E-state index is -0.417. The molecule has 1 rings (SSSR count). The molecule has 17 heavy (non-hydrogen) atoms. The standard InChI is InChI=1S/C11H18N4O2/c1-8(16)4-5-15(3)11(17)9-6-13-7-10(12-2)14-9/h6-8,16H,4-5H2,1-3H3,(H,12,14). The van der Waals surface area contributed by atoms with Crippen molar-refractivity contribution in [3.8, 4) is 0 Å². The Morgan fingerprint density at radius 2 is 2.29 bits per heavy atom. The maximum Gasteiger partial charge on any atom is 0.273 e. The van der Waals surface area contributed by atoms with Crippen molar-refractivity contribution in [3.63, 3.8) is 0 Å². The Morgan fingerprint density at radius 3 is 2.88 bits per heavy atom. The molecule has 0 aliphatic rings. The van der Waals surface area contributed by atoms with Crippen LogP contribution < -0.4 is 5.32 Å². The molecule has 1 aromatic heterocycles. The van der Waals surface area contributed by atoms with Crippen LogP contribution in [0, 0.1) is 0 Å². The van der Waals surface area contributed by atoms with Gasteiger partial charge in [-0.2, -0.15) is 0 Å². The Bertz CT molecular complexity index is 381. The second kappa shape index (κ2) is 6.15. The Balaban J connectivity index is 2.67. The third-order valence-corrected chi connectivity index (χ3v) is 2.34. The first-order valence-corrected chi connectivity index (χ1v) is 5.48. The van der Waals surface area contributed by atoms with Crippen molar-refractivity contribution >= 4 is 11.7 Å². The van der Waals surface area contributed by atoms with Gasteiger partial charge in [0.05, 0.1) is 18.5 Å². The van der Waals surface area contributed by atoms with E-state index in [4.69, 9.17) is 5.11 Å². The predicted octanol–water partition coefficient (Wildman–Crippen LogP) is 0.361. The lowest BCUT2D eigenvalue weighted by atomic mass is 10.2. The maximum absolute atomic E-state index is 11.9. The molecule has 6 heteroatoms. The highest BCUT2D eigenvalue weighted by Crippen LogP contribution is 2.04. The summed E-state index contributed by atoms with van der Waals surface area (Å²) in [5.41, 5.74) is 0.296. The summed E-state index contributed by atoms with van der Waals surface area (Å²) in [5, 5.41) is 12.0. The Hall–Kier alpha value is -1.69. The molecule has 0 spiro atoms. The number of aliphatic hydroxyl groups is 1. The van der Waals surface area contributed by atoms with Crippen molar-refractivity contribution in [3.05, 3.63) is 18.1 Å². The molecule has 0 aromatic carbocycles. The van der Waals surface area contributed by atoms with Gasteiger partial charge in [-0.3, -0.25) is 9.78 Å². The van der Waals surface area contributed by atoms with E-state index in [1.165, 1.54) is 11.1 Å². The topological polar surface area (TPSA) is 78.4 Å². The highest BCUT2D eigenvalue weighted by molar-refractivity contribution is 5.92. The van der Waals surface area contributed by atoms with Crippen LogP contribution >= 0.6 is 0 Å². The van der Waals surface area contributed by atoms with E-state index in [1.54, 1.807) is 27.2 Å². The van der Waals surface area contributed by atoms with E-state index in [9.17, 15) is 4.79 Å². The number of nitrogens with zero attached hydrogens (tertiary/aromatic N) is 3. The summed E-state index contributed by atoms with van der Waals surface area (Å²) in [6, 6.07) is 0. The van der Waals surface area contributed by atoms with Gasteiger partial charge in [-0.25, -0.2) is 4.98 Å². The summed E-state index contributed by atoms with van der Waals surface area (Å²) in [4.78, 5) is 21.5. The number of hydrogen-bond donors (Lipinski definition) is 2. The van der Waals surface area contributed by atoms with Crippen molar-refractivity contribution in [1.82, 2.24) is 14.9 Å². The van der Waals surface area contributed by atoms with Gasteiger partial charge in [0, 0.05) is 20.6 Å². The summed E-state index contributed by atoms with van der Waals surface area (Å²) in [6.45, 7) is 2.18. The van der Waals surface area contributed by atoms with Crippen molar-refractivity contribution in [2.24, 2.45) is 0 Å². The van der Waals surface area contributed by atoms with Gasteiger partial charge < -0.3 is 15.3 Å². The highest BCUT2D eigenvalue weighted by Gasteiger charge is 2.14. The van der Waals surface area contributed by atoms with Crippen LogP contribution in [0.3, 0.4) is 0 Å². The zero-order valence-electron chi connectivity index (χ0n) is 10.3. The van der Waals surface area contributed by atoms with Crippen molar-refractivity contribution < 1.29 is 9.90 Å². The van der Waals surface area contributed by atoms with E-state index in [2.05, 4.69) is 15.3 Å². The largest absolute Gasteiger partial charge is 0.393 e. The lowest BCUT2D eigenvalue weighted by molar-refractivity contribution is 0.0763. The smallest absolute Gasteiger partial charge is 0.273 e. The van der Waals surface area contributed by atoms with Gasteiger partial charge >= 0.3 is 0 Å². The average molecular weight is 238 g/mol. The Morgan fingerprint density at radius 1 is 1.59 bits per heavy atom. The highest BCUT2D eigenvalue weighted by atomic mass is 16.3. The van der Waals surface area contributed by atoms with Gasteiger partial charge in [-0.1, -0.05) is 0 Å². The van der Waals surface area contributed by atoms with Gasteiger partial charge in [0.25, 0.3) is 5.91 Å². The fourth-order valence-electron chi connectivity index (χ4n) is 1.27. The van der Waals surface area contributed by atoms with Crippen LogP contribution in [-0.4, -0.2) is 52.6 Å². The number of anilines is 1. The maximum atomic E-state index is 11.9. The van der Waals surface area contributed by atoms with E-state index in [0.29, 0.717) is 24.5 Å². The second-order valence-electron chi connectivity index (χ2n) is 3.90. The molecule has 0 aliphatic carbocycles. The summed E-state index contributed by atoms with van der Waals surface area (Å²) in [6.07, 6.45) is 3.11. The van der Waals surface area contributed by atoms with E-state index in [-0.39, 0.29) is 5.91 Å². The number of aromatic nitrogens is 2. The van der Waals surface area contributed by atoms with Crippen molar-refractivity contribution in [2.45, 2.75) is 19.4 Å². The zero-order valence-corrected chi connectivity index (χ0v) is 10.3. The number of carbonyl (C=O) groups is 1. The van der Waals surface area contributed by atoms with E-state index in [0.717, 1.165) is 0 Å². The number of nitrogens with one attached hydrogen (secondary N) is 1. The van der Waals surface area contributed by atoms with Gasteiger partial charge in [-0.05, 0) is 13.3 Å². The third kappa shape index (κ3) is 3.99. The summed E-state index contributed by atoms with van der Waals surface area (Å²) in [7, 11) is 3.40. The lowest BCUT2D eigenvalue weighted by Crippen LogP contribution is -2.30. The monoisotopic (exact) mass is 238 g/mol. The SMILES string of the molecule is CNc1cncc(C(=O)N(C)CCC(C)O)n1. The molecule has 1 atom stereocenters. The number of aliphatic hydroxyl groups excluding tert-OH is 1. The molecule has 0 bridgehead atoms. The molecule has 1 aromatic rings. The normalized spacial score (nSPS) is 12.0. The quantitative estimate of drug-likeness (QED) is 0.774. The van der Waals surface area contributed by atoms with Crippen LogP contribution in [0.15, 0.2) is 12.4 Å². The van der Waals surface area contributed by atoms with Crippen LogP contribution in [0.1, 0.15) is 23.8 Å². The zero-order chi connectivity index (χ0) is 12.8. The van der Waals surface area contributed by atoms with Crippen LogP contribution in [0.2, 0.25) is 0 Å². The van der Waals surface area contributed by atoms with Crippen LogP contribution in [0.5, 0.6) is 0 Å². The van der Waals surface area contributed by atoms with Gasteiger partial charge in [0.2, 0.25) is 0 Å². The van der Waals surface area contributed by atoms with E-state index >= 15 is 0 Å². The average Bonchev–Trinajstić information content (AvgIpc) is 2.35. The first-order chi connectivity index (χ1) is 8.04. The predicted molar refractivity (Wildman–Crippen MR) is 64.8 cm³/mol. The molecule has 0 saturated carbocycles. The number of amides is 1. The third-order valence-electron chi connectivity index (χ3n) is 2.34. The molecule has 1 unspecified atom stereocenters. The fraction of sp³-hybridized carbons (Fsp3) is 0.545. The molecule has 94 valence electrons. The molecule has 0 radical (unpaired) electrons. The van der Waals surface area contributed by atoms with Crippen LogP contribution in [0.25, 0.3) is 0 Å². The molecule has 0 aliphatic heterocycles. The van der Waals surface area contributed by atoms with Gasteiger partial charge in [0.1, 0.15) is 11.5 Å². The second-order valence-corrected chi connectivity index (χ2v) is 3.90. The number of rotatable bonds is 5. The van der Waals surface area contributed by atoms with Crippen molar-refractivity contribution in [2.75, 3.05) is 26.0 Å². The Labute approximate surface area is 101 Å². The number of carbonyl (C=O) groups excluding carboxylic acids is 1. The number of hydrogen-bond acceptors (Lipinski definition) is 5. The van der Waals surface area contributed by atoms with Crippen LogP contribution in [-0.2, 0) is 0 Å². The first kappa shape index (κ1) is 13.4. The molecule has 6 nitrogen and oxygen atoms in total. The van der Waals surface area contributed by atoms with Crippen LogP contribution in [0.4, 0.5) is 5.82 Å². The lowest BCUT2D eigenvalue weighted by Gasteiger charge is -2.17. The fourth-order valence-corrected chi connectivity index (χ4v) is 1.27. The molecular weight excluding hydrogens is 220 g/mol. The molecule has 1 heterocycles. The molecular formula is C11H18N4O2. The summed E-state index contributed by atoms with van der Waals surface area (Å²) in [5.74, 6) is 0.357. The van der Waals surface area contributed by atoms with E-state index in [1.807, 2.05) is 0 Å². The Kier molecular flexibility index (Phi) is 4.84. The summed E-state index contributed by atoms with van der Waals surface area (Å²) >= 11 is 0. The summed E-state index contributed by atoms with van der Waals surface area (Å²) < 4.78 is 0. The minimum Gasteiger partial charge on any atom is -0.393 e. The van der Waals surface area contributed by atoms with E-state index < -0.39 is 6.10 Å². The van der Waals surface area contributed by atoms with Gasteiger partial charge in [-0.15, -0.1) is 0 Å².